The van der Waals surface area contributed by atoms with Gasteiger partial charge in [0.1, 0.15) is 5.82 Å². The Balaban J connectivity index is 1.43. The quantitative estimate of drug-likeness (QED) is 0.701. The number of hydrogen-bond donors (Lipinski definition) is 1. The summed E-state index contributed by atoms with van der Waals surface area (Å²) in [4.78, 5) is 26.3. The zero-order valence-corrected chi connectivity index (χ0v) is 19.8. The van der Waals surface area contributed by atoms with Crippen molar-refractivity contribution in [1.29, 1.82) is 0 Å². The van der Waals surface area contributed by atoms with E-state index in [1.165, 1.54) is 29.4 Å². The summed E-state index contributed by atoms with van der Waals surface area (Å²) in [5.41, 5.74) is 1.66. The first-order valence-corrected chi connectivity index (χ1v) is 12.7. The summed E-state index contributed by atoms with van der Waals surface area (Å²) >= 11 is 5.74. The summed E-state index contributed by atoms with van der Waals surface area (Å²) in [5, 5.41) is 2.80. The first-order valence-electron chi connectivity index (χ1n) is 10.8. The zero-order chi connectivity index (χ0) is 23.8. The number of anilines is 2. The fourth-order valence-electron chi connectivity index (χ4n) is 4.39. The van der Waals surface area contributed by atoms with E-state index >= 15 is 0 Å². The average Bonchev–Trinajstić information content (AvgIpc) is 2.80. The van der Waals surface area contributed by atoms with Gasteiger partial charge in [0, 0.05) is 43.2 Å². The van der Waals surface area contributed by atoms with Crippen molar-refractivity contribution < 1.29 is 22.4 Å². The van der Waals surface area contributed by atoms with E-state index in [1.807, 2.05) is 0 Å². The Labute approximate surface area is 197 Å². The molecule has 0 spiro atoms. The lowest BCUT2D eigenvalue weighted by atomic mass is 9.97. The number of carbonyl (C=O) groups excluding carboxylic acids is 2. The Bertz CT molecular complexity index is 1200. The van der Waals surface area contributed by atoms with E-state index in [0.717, 1.165) is 23.7 Å². The molecule has 2 aliphatic heterocycles. The highest BCUT2D eigenvalue weighted by molar-refractivity contribution is 7.89. The lowest BCUT2D eigenvalue weighted by Gasteiger charge is -2.32. The van der Waals surface area contributed by atoms with E-state index in [2.05, 4.69) is 5.32 Å². The van der Waals surface area contributed by atoms with E-state index in [4.69, 9.17) is 11.6 Å². The van der Waals surface area contributed by atoms with Gasteiger partial charge in [-0.1, -0.05) is 11.6 Å². The van der Waals surface area contributed by atoms with E-state index < -0.39 is 21.8 Å². The number of halogens is 2. The van der Waals surface area contributed by atoms with Gasteiger partial charge in [0.25, 0.3) is 0 Å². The molecule has 1 fully saturated rings. The molecule has 33 heavy (non-hydrogen) atoms. The second-order valence-corrected chi connectivity index (χ2v) is 10.7. The molecule has 1 N–H and O–H groups in total. The van der Waals surface area contributed by atoms with Gasteiger partial charge in [-0.25, -0.2) is 12.8 Å². The number of nitrogens with zero attached hydrogens (tertiary/aromatic N) is 2. The Morgan fingerprint density at radius 1 is 1.09 bits per heavy atom. The first kappa shape index (κ1) is 23.7. The van der Waals surface area contributed by atoms with E-state index in [0.29, 0.717) is 25.8 Å². The topological polar surface area (TPSA) is 86.8 Å². The Morgan fingerprint density at radius 3 is 2.48 bits per heavy atom. The third-order valence-electron chi connectivity index (χ3n) is 6.20. The third-order valence-corrected chi connectivity index (χ3v) is 8.33. The van der Waals surface area contributed by atoms with Crippen molar-refractivity contribution in [3.8, 4) is 0 Å². The van der Waals surface area contributed by atoms with Crippen molar-refractivity contribution in [2.24, 2.45) is 5.92 Å². The van der Waals surface area contributed by atoms with Crippen LogP contribution in [0.4, 0.5) is 15.8 Å². The molecule has 10 heteroatoms. The third kappa shape index (κ3) is 4.90. The molecule has 176 valence electrons. The van der Waals surface area contributed by atoms with Crippen LogP contribution in [0.1, 0.15) is 31.7 Å². The van der Waals surface area contributed by atoms with Crippen LogP contribution in [-0.2, 0) is 26.0 Å². The van der Waals surface area contributed by atoms with Gasteiger partial charge in [0.05, 0.1) is 10.6 Å². The summed E-state index contributed by atoms with van der Waals surface area (Å²) in [5.74, 6) is -1.44. The van der Waals surface area contributed by atoms with Crippen LogP contribution in [0.15, 0.2) is 41.3 Å². The minimum atomic E-state index is -3.73. The number of carbonyl (C=O) groups is 2. The van der Waals surface area contributed by atoms with Gasteiger partial charge in [0.15, 0.2) is 0 Å². The summed E-state index contributed by atoms with van der Waals surface area (Å²) < 4.78 is 41.8. The van der Waals surface area contributed by atoms with Crippen LogP contribution in [-0.4, -0.2) is 44.2 Å². The van der Waals surface area contributed by atoms with Crippen LogP contribution in [0.25, 0.3) is 0 Å². The molecule has 2 aromatic rings. The standard InChI is InChI=1S/C23H25ClFN3O4S/c1-15(29)28-10-2-3-17-13-19(5-7-22(17)28)33(31,32)27-11-8-16(9-12-27)23(30)26-21-6-4-18(24)14-20(21)25/h4-7,13-14,16H,2-3,8-12H2,1H3,(H,26,30). The highest BCUT2D eigenvalue weighted by Gasteiger charge is 2.33. The summed E-state index contributed by atoms with van der Waals surface area (Å²) in [6.07, 6.45) is 2.17. The molecule has 2 heterocycles. The molecule has 0 saturated carbocycles. The van der Waals surface area contributed by atoms with Crippen molar-refractivity contribution in [3.05, 3.63) is 52.8 Å². The molecule has 0 atom stereocenters. The molecule has 4 rings (SSSR count). The summed E-state index contributed by atoms with van der Waals surface area (Å²) in [7, 11) is -3.73. The summed E-state index contributed by atoms with van der Waals surface area (Å²) in [6.45, 7) is 2.52. The van der Waals surface area contributed by atoms with E-state index in [1.54, 1.807) is 17.0 Å². The molecular formula is C23H25ClFN3O4S. The minimum absolute atomic E-state index is 0.0492. The Morgan fingerprint density at radius 2 is 1.82 bits per heavy atom. The zero-order valence-electron chi connectivity index (χ0n) is 18.2. The lowest BCUT2D eigenvalue weighted by Crippen LogP contribution is -2.41. The van der Waals surface area contributed by atoms with Crippen LogP contribution < -0.4 is 10.2 Å². The Hall–Kier alpha value is -2.49. The number of piperidine rings is 1. The number of aryl methyl sites for hydroxylation is 1. The minimum Gasteiger partial charge on any atom is -0.323 e. The molecule has 2 aromatic carbocycles. The van der Waals surface area contributed by atoms with Crippen molar-refractivity contribution in [1.82, 2.24) is 4.31 Å². The normalized spacial score (nSPS) is 17.5. The van der Waals surface area contributed by atoms with Crippen LogP contribution in [0.5, 0.6) is 0 Å². The van der Waals surface area contributed by atoms with Gasteiger partial charge in [-0.2, -0.15) is 4.31 Å². The van der Waals surface area contributed by atoms with Crippen LogP contribution >= 0.6 is 11.6 Å². The largest absolute Gasteiger partial charge is 0.323 e. The van der Waals surface area contributed by atoms with Gasteiger partial charge >= 0.3 is 0 Å². The number of nitrogens with one attached hydrogen (secondary N) is 1. The maximum atomic E-state index is 14.0. The smallest absolute Gasteiger partial charge is 0.243 e. The number of amides is 2. The molecule has 0 unspecified atom stereocenters. The average molecular weight is 494 g/mol. The van der Waals surface area contributed by atoms with Crippen molar-refractivity contribution in [2.45, 2.75) is 37.5 Å². The molecule has 0 radical (unpaired) electrons. The van der Waals surface area contributed by atoms with Gasteiger partial charge in [0.2, 0.25) is 21.8 Å². The number of fused-ring (bicyclic) bond motifs is 1. The maximum Gasteiger partial charge on any atom is 0.243 e. The molecule has 0 aliphatic carbocycles. The van der Waals surface area contributed by atoms with Crippen molar-refractivity contribution in [2.75, 3.05) is 29.9 Å². The molecule has 0 aromatic heterocycles. The van der Waals surface area contributed by atoms with Gasteiger partial charge < -0.3 is 10.2 Å². The number of hydrogen-bond acceptors (Lipinski definition) is 4. The predicted molar refractivity (Wildman–Crippen MR) is 124 cm³/mol. The molecule has 0 bridgehead atoms. The fourth-order valence-corrected chi connectivity index (χ4v) is 6.07. The molecule has 7 nitrogen and oxygen atoms in total. The number of benzene rings is 2. The number of sulfonamides is 1. The Kier molecular flexibility index (Phi) is 6.74. The lowest BCUT2D eigenvalue weighted by molar-refractivity contribution is -0.121. The molecule has 2 aliphatic rings. The predicted octanol–water partition coefficient (Wildman–Crippen LogP) is 3.82. The van der Waals surface area contributed by atoms with Gasteiger partial charge in [-0.15, -0.1) is 0 Å². The van der Waals surface area contributed by atoms with Crippen molar-refractivity contribution in [3.63, 3.8) is 0 Å². The molecular weight excluding hydrogens is 469 g/mol. The second-order valence-electron chi connectivity index (χ2n) is 8.36. The van der Waals surface area contributed by atoms with E-state index in [-0.39, 0.29) is 40.5 Å². The van der Waals surface area contributed by atoms with E-state index in [9.17, 15) is 22.4 Å². The monoisotopic (exact) mass is 493 g/mol. The highest BCUT2D eigenvalue weighted by atomic mass is 35.5. The van der Waals surface area contributed by atoms with Gasteiger partial charge in [-0.3, -0.25) is 9.59 Å². The van der Waals surface area contributed by atoms with Crippen LogP contribution in [0.2, 0.25) is 5.02 Å². The highest BCUT2D eigenvalue weighted by Crippen LogP contribution is 2.32. The van der Waals surface area contributed by atoms with Crippen LogP contribution in [0, 0.1) is 11.7 Å². The molecule has 1 saturated heterocycles. The fraction of sp³-hybridized carbons (Fsp3) is 0.391. The van der Waals surface area contributed by atoms with Crippen molar-refractivity contribution >= 4 is 44.8 Å². The van der Waals surface area contributed by atoms with Crippen LogP contribution in [0.3, 0.4) is 0 Å². The van der Waals surface area contributed by atoms with Gasteiger partial charge in [-0.05, 0) is 67.6 Å². The maximum absolute atomic E-state index is 14.0. The summed E-state index contributed by atoms with van der Waals surface area (Å²) in [6, 6.07) is 8.91. The SMILES string of the molecule is CC(=O)N1CCCc2cc(S(=O)(=O)N3CCC(C(=O)Nc4ccc(Cl)cc4F)CC3)ccc21. The molecule has 2 amide bonds. The first-order chi connectivity index (χ1) is 15.7. The number of rotatable bonds is 4. The second kappa shape index (κ2) is 9.40.